The minimum absolute atomic E-state index is 0.239. The third-order valence-corrected chi connectivity index (χ3v) is 3.25. The Morgan fingerprint density at radius 3 is 2.68 bits per heavy atom. The molecule has 0 amide bonds. The Kier molecular flexibility index (Phi) is 8.72. The molecule has 0 heterocycles. The summed E-state index contributed by atoms with van der Waals surface area (Å²) >= 11 is 0. The molecule has 1 aromatic carbocycles. The van der Waals surface area contributed by atoms with E-state index in [1.807, 2.05) is 13.0 Å². The summed E-state index contributed by atoms with van der Waals surface area (Å²) in [6, 6.07) is 10.7. The van der Waals surface area contributed by atoms with Crippen LogP contribution in [0.25, 0.3) is 0 Å². The molecule has 1 atom stereocenters. The smallest absolute Gasteiger partial charge is 0.307 e. The normalized spacial score (nSPS) is 12.6. The van der Waals surface area contributed by atoms with Crippen molar-refractivity contribution in [2.45, 2.75) is 39.2 Å². The lowest BCUT2D eigenvalue weighted by atomic mass is 10.1. The van der Waals surface area contributed by atoms with Crippen molar-refractivity contribution in [3.63, 3.8) is 0 Å². The van der Waals surface area contributed by atoms with Crippen LogP contribution in [-0.4, -0.2) is 38.2 Å². The number of aryl methyl sites for hydroxylation is 1. The van der Waals surface area contributed by atoms with Gasteiger partial charge in [-0.15, -0.1) is 0 Å². The van der Waals surface area contributed by atoms with Gasteiger partial charge in [-0.2, -0.15) is 0 Å². The highest BCUT2D eigenvalue weighted by atomic mass is 16.5. The molecular weight excluding hydrogens is 278 g/mol. The minimum atomic E-state index is -0.239. The molecule has 5 nitrogen and oxygen atoms in total. The molecule has 1 unspecified atom stereocenters. The van der Waals surface area contributed by atoms with Gasteiger partial charge in [0.25, 0.3) is 0 Å². The molecular formula is C17H27N3O2. The Labute approximate surface area is 133 Å². The SMILES string of the molecule is CCNC(=NCCC(=O)OC)NC(C)CCc1ccccc1. The van der Waals surface area contributed by atoms with Crippen LogP contribution in [0.15, 0.2) is 35.3 Å². The number of esters is 1. The number of hydrogen-bond donors (Lipinski definition) is 2. The number of carbonyl (C=O) groups is 1. The van der Waals surface area contributed by atoms with Gasteiger partial charge in [0.2, 0.25) is 0 Å². The lowest BCUT2D eigenvalue weighted by Crippen LogP contribution is -2.42. The van der Waals surface area contributed by atoms with Crippen molar-refractivity contribution in [1.82, 2.24) is 10.6 Å². The molecule has 0 aliphatic heterocycles. The third kappa shape index (κ3) is 7.67. The quantitative estimate of drug-likeness (QED) is 0.439. The summed E-state index contributed by atoms with van der Waals surface area (Å²) in [7, 11) is 1.39. The molecule has 1 aromatic rings. The fourth-order valence-corrected chi connectivity index (χ4v) is 2.01. The van der Waals surface area contributed by atoms with Crippen LogP contribution in [-0.2, 0) is 16.0 Å². The summed E-state index contributed by atoms with van der Waals surface area (Å²) in [6.45, 7) is 5.37. The summed E-state index contributed by atoms with van der Waals surface area (Å²) in [4.78, 5) is 15.5. The zero-order valence-electron chi connectivity index (χ0n) is 13.8. The lowest BCUT2D eigenvalue weighted by Gasteiger charge is -2.17. The van der Waals surface area contributed by atoms with Gasteiger partial charge in [0.15, 0.2) is 5.96 Å². The molecule has 0 spiro atoms. The number of guanidine groups is 1. The van der Waals surface area contributed by atoms with E-state index in [9.17, 15) is 4.79 Å². The van der Waals surface area contributed by atoms with Crippen molar-refractivity contribution in [2.24, 2.45) is 4.99 Å². The fraction of sp³-hybridized carbons (Fsp3) is 0.529. The Hall–Kier alpha value is -2.04. The molecule has 0 saturated carbocycles. The molecule has 0 aliphatic carbocycles. The lowest BCUT2D eigenvalue weighted by molar-refractivity contribution is -0.140. The van der Waals surface area contributed by atoms with E-state index in [1.54, 1.807) is 0 Å². The molecule has 0 aliphatic rings. The summed E-state index contributed by atoms with van der Waals surface area (Å²) in [5.41, 5.74) is 1.34. The number of nitrogens with zero attached hydrogens (tertiary/aromatic N) is 1. The van der Waals surface area contributed by atoms with Gasteiger partial charge in [0, 0.05) is 12.6 Å². The van der Waals surface area contributed by atoms with Crippen LogP contribution >= 0.6 is 0 Å². The molecule has 2 N–H and O–H groups in total. The number of carbonyl (C=O) groups excluding carboxylic acids is 1. The second kappa shape index (κ2) is 10.7. The van der Waals surface area contributed by atoms with E-state index in [-0.39, 0.29) is 5.97 Å². The van der Waals surface area contributed by atoms with E-state index < -0.39 is 0 Å². The van der Waals surface area contributed by atoms with Crippen molar-refractivity contribution in [1.29, 1.82) is 0 Å². The van der Waals surface area contributed by atoms with Crippen LogP contribution < -0.4 is 10.6 Å². The molecule has 0 saturated heterocycles. The van der Waals surface area contributed by atoms with Crippen LogP contribution in [0.5, 0.6) is 0 Å². The Bertz CT molecular complexity index is 460. The van der Waals surface area contributed by atoms with Crippen LogP contribution in [0, 0.1) is 0 Å². The second-order valence-electron chi connectivity index (χ2n) is 5.16. The standard InChI is InChI=1S/C17H27N3O2/c1-4-18-17(19-13-12-16(21)22-3)20-14(2)10-11-15-8-6-5-7-9-15/h5-9,14H,4,10-13H2,1-3H3,(H2,18,19,20). The predicted octanol–water partition coefficient (Wildman–Crippen LogP) is 2.13. The first-order valence-corrected chi connectivity index (χ1v) is 7.81. The van der Waals surface area contributed by atoms with Crippen molar-refractivity contribution < 1.29 is 9.53 Å². The summed E-state index contributed by atoms with van der Waals surface area (Å²) in [5, 5.41) is 6.56. The predicted molar refractivity (Wildman–Crippen MR) is 90.0 cm³/mol. The molecule has 0 fully saturated rings. The number of aliphatic imine (C=N–C) groups is 1. The van der Waals surface area contributed by atoms with Gasteiger partial charge >= 0.3 is 5.97 Å². The Morgan fingerprint density at radius 1 is 1.32 bits per heavy atom. The van der Waals surface area contributed by atoms with Crippen molar-refractivity contribution >= 4 is 11.9 Å². The number of benzene rings is 1. The Morgan fingerprint density at radius 2 is 2.05 bits per heavy atom. The number of ether oxygens (including phenoxy) is 1. The highest BCUT2D eigenvalue weighted by molar-refractivity contribution is 5.80. The monoisotopic (exact) mass is 305 g/mol. The maximum absolute atomic E-state index is 11.1. The van der Waals surface area contributed by atoms with E-state index >= 15 is 0 Å². The molecule has 122 valence electrons. The van der Waals surface area contributed by atoms with Crippen LogP contribution in [0.3, 0.4) is 0 Å². The van der Waals surface area contributed by atoms with Gasteiger partial charge < -0.3 is 15.4 Å². The van der Waals surface area contributed by atoms with Gasteiger partial charge in [0.05, 0.1) is 20.1 Å². The van der Waals surface area contributed by atoms with Crippen molar-refractivity contribution in [2.75, 3.05) is 20.2 Å². The first-order valence-electron chi connectivity index (χ1n) is 7.81. The summed E-state index contributed by atoms with van der Waals surface area (Å²) in [6.07, 6.45) is 2.34. The second-order valence-corrected chi connectivity index (χ2v) is 5.16. The van der Waals surface area contributed by atoms with E-state index in [1.165, 1.54) is 12.7 Å². The molecule has 0 radical (unpaired) electrons. The number of methoxy groups -OCH3 is 1. The highest BCUT2D eigenvalue weighted by Gasteiger charge is 2.06. The topological polar surface area (TPSA) is 62.7 Å². The van der Waals surface area contributed by atoms with E-state index in [2.05, 4.69) is 51.6 Å². The minimum Gasteiger partial charge on any atom is -0.469 e. The summed E-state index contributed by atoms with van der Waals surface area (Å²) < 4.78 is 4.61. The molecule has 5 heteroatoms. The zero-order valence-corrected chi connectivity index (χ0v) is 13.8. The van der Waals surface area contributed by atoms with Crippen molar-refractivity contribution in [3.8, 4) is 0 Å². The van der Waals surface area contributed by atoms with Crippen molar-refractivity contribution in [3.05, 3.63) is 35.9 Å². The van der Waals surface area contributed by atoms with Gasteiger partial charge in [0.1, 0.15) is 0 Å². The molecule has 1 rings (SSSR count). The maximum Gasteiger partial charge on any atom is 0.307 e. The average Bonchev–Trinajstić information content (AvgIpc) is 2.54. The first kappa shape index (κ1) is 18.0. The first-order chi connectivity index (χ1) is 10.7. The van der Waals surface area contributed by atoms with Gasteiger partial charge in [-0.3, -0.25) is 9.79 Å². The van der Waals surface area contributed by atoms with Crippen LogP contribution in [0.1, 0.15) is 32.3 Å². The average molecular weight is 305 g/mol. The van der Waals surface area contributed by atoms with Crippen LogP contribution in [0.2, 0.25) is 0 Å². The number of rotatable bonds is 8. The molecule has 0 aromatic heterocycles. The fourth-order valence-electron chi connectivity index (χ4n) is 2.01. The van der Waals surface area contributed by atoms with Gasteiger partial charge in [-0.05, 0) is 32.3 Å². The van der Waals surface area contributed by atoms with E-state index in [0.29, 0.717) is 19.0 Å². The molecule has 0 bridgehead atoms. The maximum atomic E-state index is 11.1. The van der Waals surface area contributed by atoms with Gasteiger partial charge in [-0.25, -0.2) is 0 Å². The number of nitrogens with one attached hydrogen (secondary N) is 2. The van der Waals surface area contributed by atoms with Crippen LogP contribution in [0.4, 0.5) is 0 Å². The van der Waals surface area contributed by atoms with E-state index in [0.717, 1.165) is 25.3 Å². The third-order valence-electron chi connectivity index (χ3n) is 3.25. The largest absolute Gasteiger partial charge is 0.469 e. The Balaban J connectivity index is 2.40. The number of hydrogen-bond acceptors (Lipinski definition) is 3. The summed E-state index contributed by atoms with van der Waals surface area (Å²) in [5.74, 6) is 0.503. The van der Waals surface area contributed by atoms with Gasteiger partial charge in [-0.1, -0.05) is 30.3 Å². The van der Waals surface area contributed by atoms with E-state index in [4.69, 9.17) is 0 Å². The molecule has 22 heavy (non-hydrogen) atoms. The zero-order chi connectivity index (χ0) is 16.2. The highest BCUT2D eigenvalue weighted by Crippen LogP contribution is 2.04.